The van der Waals surface area contributed by atoms with E-state index < -0.39 is 5.91 Å². The zero-order valence-electron chi connectivity index (χ0n) is 16.4. The number of anilines is 3. The van der Waals surface area contributed by atoms with E-state index >= 15 is 0 Å². The largest absolute Gasteiger partial charge is 0.495 e. The molecule has 0 fully saturated rings. The van der Waals surface area contributed by atoms with Crippen molar-refractivity contribution in [1.82, 2.24) is 0 Å². The molecule has 0 unspecified atom stereocenters. The quantitative estimate of drug-likeness (QED) is 0.588. The summed E-state index contributed by atoms with van der Waals surface area (Å²) in [5.41, 5.74) is 9.79. The van der Waals surface area contributed by atoms with Crippen LogP contribution in [0.5, 0.6) is 5.75 Å². The number of amides is 1. The Balaban J connectivity index is 2.09. The third-order valence-electron chi connectivity index (χ3n) is 4.51. The fourth-order valence-electron chi connectivity index (χ4n) is 3.15. The number of ether oxygens (including phenoxy) is 1. The van der Waals surface area contributed by atoms with Gasteiger partial charge in [-0.25, -0.2) is 0 Å². The van der Waals surface area contributed by atoms with E-state index in [4.69, 9.17) is 22.7 Å². The SMILES string of the molecule is COc1ccccc1NC(=S)N(c1ccccc1C)c1ccccc1CC(N)=O. The zero-order chi connectivity index (χ0) is 20.8. The maximum Gasteiger partial charge on any atom is 0.221 e. The first kappa shape index (κ1) is 20.4. The van der Waals surface area contributed by atoms with Gasteiger partial charge in [0.25, 0.3) is 0 Å². The smallest absolute Gasteiger partial charge is 0.221 e. The lowest BCUT2D eigenvalue weighted by Crippen LogP contribution is -2.32. The van der Waals surface area contributed by atoms with E-state index in [0.717, 1.165) is 28.2 Å². The molecule has 29 heavy (non-hydrogen) atoms. The lowest BCUT2D eigenvalue weighted by atomic mass is 10.1. The molecule has 5 nitrogen and oxygen atoms in total. The van der Waals surface area contributed by atoms with Crippen molar-refractivity contribution in [3.8, 4) is 5.75 Å². The third-order valence-corrected chi connectivity index (χ3v) is 4.79. The van der Waals surface area contributed by atoms with Gasteiger partial charge in [0.05, 0.1) is 30.6 Å². The van der Waals surface area contributed by atoms with Gasteiger partial charge in [-0.3, -0.25) is 9.69 Å². The van der Waals surface area contributed by atoms with Crippen LogP contribution in [0.4, 0.5) is 17.1 Å². The molecule has 3 aromatic rings. The lowest BCUT2D eigenvalue weighted by molar-refractivity contribution is -0.117. The molecule has 0 aliphatic rings. The Labute approximate surface area is 176 Å². The maximum atomic E-state index is 11.6. The zero-order valence-corrected chi connectivity index (χ0v) is 17.2. The Kier molecular flexibility index (Phi) is 6.46. The monoisotopic (exact) mass is 405 g/mol. The molecular formula is C23H23N3O2S. The van der Waals surface area contributed by atoms with Crippen LogP contribution in [0.1, 0.15) is 11.1 Å². The number of nitrogens with one attached hydrogen (secondary N) is 1. The van der Waals surface area contributed by atoms with Gasteiger partial charge in [-0.15, -0.1) is 0 Å². The van der Waals surface area contributed by atoms with Crippen molar-refractivity contribution in [2.45, 2.75) is 13.3 Å². The van der Waals surface area contributed by atoms with Gasteiger partial charge < -0.3 is 15.8 Å². The van der Waals surface area contributed by atoms with Crippen molar-refractivity contribution in [3.63, 3.8) is 0 Å². The van der Waals surface area contributed by atoms with Gasteiger partial charge in [0.15, 0.2) is 5.11 Å². The number of aryl methyl sites for hydroxylation is 1. The van der Waals surface area contributed by atoms with Gasteiger partial charge in [-0.05, 0) is 54.5 Å². The Morgan fingerprint density at radius 1 is 1.00 bits per heavy atom. The Morgan fingerprint density at radius 3 is 2.31 bits per heavy atom. The minimum Gasteiger partial charge on any atom is -0.495 e. The van der Waals surface area contributed by atoms with Gasteiger partial charge in [0, 0.05) is 0 Å². The normalized spacial score (nSPS) is 10.3. The van der Waals surface area contributed by atoms with Crippen LogP contribution >= 0.6 is 12.2 Å². The van der Waals surface area contributed by atoms with E-state index in [2.05, 4.69) is 5.32 Å². The van der Waals surface area contributed by atoms with Gasteiger partial charge >= 0.3 is 0 Å². The van der Waals surface area contributed by atoms with Crippen molar-refractivity contribution < 1.29 is 9.53 Å². The number of thiocarbonyl (C=S) groups is 1. The first-order chi connectivity index (χ1) is 14.0. The number of nitrogens with two attached hydrogens (primary N) is 1. The molecule has 1 amide bonds. The number of benzene rings is 3. The van der Waals surface area contributed by atoms with E-state index in [-0.39, 0.29) is 6.42 Å². The van der Waals surface area contributed by atoms with E-state index in [1.54, 1.807) is 7.11 Å². The second-order valence-corrected chi connectivity index (χ2v) is 6.91. The summed E-state index contributed by atoms with van der Waals surface area (Å²) in [5, 5.41) is 3.74. The lowest BCUT2D eigenvalue weighted by Gasteiger charge is -2.29. The minimum atomic E-state index is -0.397. The molecule has 148 valence electrons. The number of carbonyl (C=O) groups excluding carboxylic acids is 1. The van der Waals surface area contributed by atoms with Gasteiger partial charge in [-0.2, -0.15) is 0 Å². The molecule has 3 rings (SSSR count). The van der Waals surface area contributed by atoms with Crippen LogP contribution in [0.25, 0.3) is 0 Å². The van der Waals surface area contributed by atoms with Crippen molar-refractivity contribution in [2.75, 3.05) is 17.3 Å². The summed E-state index contributed by atoms with van der Waals surface area (Å²) >= 11 is 5.80. The third kappa shape index (κ3) is 4.73. The number of rotatable bonds is 6. The molecule has 0 radical (unpaired) electrons. The first-order valence-electron chi connectivity index (χ1n) is 9.17. The fraction of sp³-hybridized carbons (Fsp3) is 0.130. The predicted octanol–water partition coefficient (Wildman–Crippen LogP) is 4.57. The molecular weight excluding hydrogens is 382 g/mol. The molecule has 0 saturated heterocycles. The molecule has 0 aliphatic carbocycles. The van der Waals surface area contributed by atoms with Crippen LogP contribution in [0.3, 0.4) is 0 Å². The minimum absolute atomic E-state index is 0.121. The van der Waals surface area contributed by atoms with Crippen LogP contribution in [0.15, 0.2) is 72.8 Å². The first-order valence-corrected chi connectivity index (χ1v) is 9.58. The highest BCUT2D eigenvalue weighted by molar-refractivity contribution is 7.80. The molecule has 0 bridgehead atoms. The van der Waals surface area contributed by atoms with Crippen molar-refractivity contribution in [3.05, 3.63) is 83.9 Å². The van der Waals surface area contributed by atoms with Crippen molar-refractivity contribution in [2.24, 2.45) is 5.73 Å². The number of methoxy groups -OCH3 is 1. The van der Waals surface area contributed by atoms with Crippen LogP contribution < -0.4 is 20.7 Å². The standard InChI is InChI=1S/C23H23N3O2S/c1-16-9-3-6-12-19(16)26(20-13-7-4-10-17(20)15-22(24)27)23(29)25-18-11-5-8-14-21(18)28-2/h3-14H,15H2,1-2H3,(H2,24,27)(H,25,29). The number of para-hydroxylation sites is 4. The predicted molar refractivity (Wildman–Crippen MR) is 122 cm³/mol. The number of nitrogens with zero attached hydrogens (tertiary/aromatic N) is 1. The summed E-state index contributed by atoms with van der Waals surface area (Å²) in [5.74, 6) is 0.288. The van der Waals surface area contributed by atoms with Crippen LogP contribution in [0, 0.1) is 6.92 Å². The molecule has 3 N–H and O–H groups in total. The Bertz CT molecular complexity index is 1040. The van der Waals surface area contributed by atoms with Crippen LogP contribution in [-0.4, -0.2) is 18.1 Å². The van der Waals surface area contributed by atoms with Gasteiger partial charge in [-0.1, -0.05) is 48.5 Å². The second kappa shape index (κ2) is 9.21. The number of primary amides is 1. The highest BCUT2D eigenvalue weighted by atomic mass is 32.1. The second-order valence-electron chi connectivity index (χ2n) is 6.52. The molecule has 0 aromatic heterocycles. The summed E-state index contributed by atoms with van der Waals surface area (Å²) in [6.07, 6.45) is 0.121. The summed E-state index contributed by atoms with van der Waals surface area (Å²) in [4.78, 5) is 13.6. The molecule has 0 aliphatic heterocycles. The number of hydrogen-bond acceptors (Lipinski definition) is 3. The number of hydrogen-bond donors (Lipinski definition) is 2. The molecule has 3 aromatic carbocycles. The summed E-state index contributed by atoms with van der Waals surface area (Å²) in [6.45, 7) is 2.02. The Hall–Kier alpha value is -3.38. The molecule has 0 saturated carbocycles. The fourth-order valence-corrected chi connectivity index (χ4v) is 3.45. The number of carbonyl (C=O) groups is 1. The highest BCUT2D eigenvalue weighted by Crippen LogP contribution is 2.33. The van der Waals surface area contributed by atoms with E-state index in [0.29, 0.717) is 10.9 Å². The summed E-state index contributed by atoms with van der Waals surface area (Å²) in [6, 6.07) is 23.1. The molecule has 0 spiro atoms. The molecule has 0 atom stereocenters. The van der Waals surface area contributed by atoms with Crippen LogP contribution in [0.2, 0.25) is 0 Å². The van der Waals surface area contributed by atoms with E-state index in [1.165, 1.54) is 0 Å². The molecule has 0 heterocycles. The van der Waals surface area contributed by atoms with Crippen LogP contribution in [-0.2, 0) is 11.2 Å². The maximum absolute atomic E-state index is 11.6. The average Bonchev–Trinajstić information content (AvgIpc) is 2.71. The van der Waals surface area contributed by atoms with Gasteiger partial charge in [0.1, 0.15) is 5.75 Å². The van der Waals surface area contributed by atoms with E-state index in [9.17, 15) is 4.79 Å². The van der Waals surface area contributed by atoms with Crippen molar-refractivity contribution >= 4 is 40.3 Å². The topological polar surface area (TPSA) is 67.6 Å². The molecule has 6 heteroatoms. The van der Waals surface area contributed by atoms with Gasteiger partial charge in [0.2, 0.25) is 5.91 Å². The summed E-state index contributed by atoms with van der Waals surface area (Å²) in [7, 11) is 1.62. The van der Waals surface area contributed by atoms with Crippen molar-refractivity contribution in [1.29, 1.82) is 0 Å². The average molecular weight is 406 g/mol. The van der Waals surface area contributed by atoms with E-state index in [1.807, 2.05) is 84.6 Å². The summed E-state index contributed by atoms with van der Waals surface area (Å²) < 4.78 is 5.44. The highest BCUT2D eigenvalue weighted by Gasteiger charge is 2.21. The Morgan fingerprint density at radius 2 is 1.62 bits per heavy atom.